The summed E-state index contributed by atoms with van der Waals surface area (Å²) in [7, 11) is 0. The van der Waals surface area contributed by atoms with Gasteiger partial charge in [0.05, 0.1) is 18.2 Å². The van der Waals surface area contributed by atoms with Crippen molar-refractivity contribution in [3.8, 4) is 0 Å². The third-order valence-corrected chi connectivity index (χ3v) is 4.73. The Morgan fingerprint density at radius 1 is 1.07 bits per heavy atom. The van der Waals surface area contributed by atoms with Crippen LogP contribution in [-0.4, -0.2) is 17.7 Å². The summed E-state index contributed by atoms with van der Waals surface area (Å²) in [6, 6.07) is 12.0. The molecule has 0 radical (unpaired) electrons. The molecule has 2 aromatic rings. The fraction of sp³-hybridized carbons (Fsp3) is 0.364. The molecule has 2 aromatic carbocycles. The topological polar surface area (TPSA) is 50.4 Å². The molecule has 0 saturated carbocycles. The van der Waals surface area contributed by atoms with Crippen LogP contribution in [0.5, 0.6) is 0 Å². The molecule has 0 aliphatic heterocycles. The highest BCUT2D eigenvalue weighted by Crippen LogP contribution is 2.23. The second-order valence-electron chi connectivity index (χ2n) is 6.67. The predicted octanol–water partition coefficient (Wildman–Crippen LogP) is 5.23. The SMILES string of the molecule is CCOC(=O)c1ccc(C)c(NC(=S)N[C@H](CC)c2ccc(C)cc2C)c1. The van der Waals surface area contributed by atoms with E-state index in [2.05, 4.69) is 49.6 Å². The normalized spacial score (nSPS) is 11.6. The number of nitrogens with one attached hydrogen (secondary N) is 2. The number of aryl methyl sites for hydroxylation is 3. The van der Waals surface area contributed by atoms with Gasteiger partial charge in [0.25, 0.3) is 0 Å². The van der Waals surface area contributed by atoms with Crippen LogP contribution in [0, 0.1) is 20.8 Å². The lowest BCUT2D eigenvalue weighted by molar-refractivity contribution is 0.0526. The summed E-state index contributed by atoms with van der Waals surface area (Å²) in [6.07, 6.45) is 0.910. The van der Waals surface area contributed by atoms with Crippen molar-refractivity contribution in [3.63, 3.8) is 0 Å². The van der Waals surface area contributed by atoms with E-state index in [1.807, 2.05) is 13.0 Å². The van der Waals surface area contributed by atoms with Crippen LogP contribution in [0.25, 0.3) is 0 Å². The molecule has 1 atom stereocenters. The maximum Gasteiger partial charge on any atom is 0.338 e. The molecule has 0 aromatic heterocycles. The van der Waals surface area contributed by atoms with E-state index in [0.29, 0.717) is 17.3 Å². The molecular weight excluding hydrogens is 356 g/mol. The van der Waals surface area contributed by atoms with E-state index >= 15 is 0 Å². The predicted molar refractivity (Wildman–Crippen MR) is 115 cm³/mol. The molecule has 4 nitrogen and oxygen atoms in total. The lowest BCUT2D eigenvalue weighted by atomic mass is 9.98. The number of hydrogen-bond acceptors (Lipinski definition) is 3. The third kappa shape index (κ3) is 5.54. The van der Waals surface area contributed by atoms with E-state index in [4.69, 9.17) is 17.0 Å². The lowest BCUT2D eigenvalue weighted by Gasteiger charge is -2.22. The van der Waals surface area contributed by atoms with E-state index in [1.54, 1.807) is 19.1 Å². The molecule has 0 aliphatic rings. The van der Waals surface area contributed by atoms with E-state index in [-0.39, 0.29) is 12.0 Å². The average molecular weight is 385 g/mol. The van der Waals surface area contributed by atoms with Crippen LogP contribution in [-0.2, 0) is 4.74 Å². The Morgan fingerprint density at radius 3 is 2.44 bits per heavy atom. The first kappa shape index (κ1) is 20.9. The molecular formula is C22H28N2O2S. The summed E-state index contributed by atoms with van der Waals surface area (Å²) in [6.45, 7) is 10.5. The monoisotopic (exact) mass is 384 g/mol. The van der Waals surface area contributed by atoms with Crippen molar-refractivity contribution < 1.29 is 9.53 Å². The Balaban J connectivity index is 2.14. The number of rotatable bonds is 6. The number of esters is 1. The zero-order valence-electron chi connectivity index (χ0n) is 16.7. The third-order valence-electron chi connectivity index (χ3n) is 4.51. The smallest absolute Gasteiger partial charge is 0.338 e. The van der Waals surface area contributed by atoms with Gasteiger partial charge in [-0.15, -0.1) is 0 Å². The van der Waals surface area contributed by atoms with E-state index in [1.165, 1.54) is 16.7 Å². The van der Waals surface area contributed by atoms with Crippen LogP contribution >= 0.6 is 12.2 Å². The van der Waals surface area contributed by atoms with Gasteiger partial charge in [-0.1, -0.05) is 36.8 Å². The molecule has 2 N–H and O–H groups in total. The van der Waals surface area contributed by atoms with Crippen molar-refractivity contribution in [2.24, 2.45) is 0 Å². The van der Waals surface area contributed by atoms with Gasteiger partial charge in [-0.2, -0.15) is 0 Å². The van der Waals surface area contributed by atoms with E-state index < -0.39 is 0 Å². The van der Waals surface area contributed by atoms with Gasteiger partial charge in [0, 0.05) is 5.69 Å². The van der Waals surface area contributed by atoms with Gasteiger partial charge in [0.2, 0.25) is 0 Å². The average Bonchev–Trinajstić information content (AvgIpc) is 2.62. The van der Waals surface area contributed by atoms with Crippen molar-refractivity contribution in [1.82, 2.24) is 5.32 Å². The van der Waals surface area contributed by atoms with Crippen LogP contribution in [0.1, 0.15) is 58.9 Å². The summed E-state index contributed by atoms with van der Waals surface area (Å²) < 4.78 is 5.08. The van der Waals surface area contributed by atoms with Gasteiger partial charge in [-0.25, -0.2) is 4.79 Å². The van der Waals surface area contributed by atoms with Crippen LogP contribution in [0.15, 0.2) is 36.4 Å². The van der Waals surface area contributed by atoms with Gasteiger partial charge >= 0.3 is 5.97 Å². The molecule has 0 amide bonds. The van der Waals surface area contributed by atoms with Gasteiger partial charge in [-0.05, 0) is 75.2 Å². The molecule has 0 fully saturated rings. The largest absolute Gasteiger partial charge is 0.462 e. The Labute approximate surface area is 167 Å². The quantitative estimate of drug-likeness (QED) is 0.528. The maximum atomic E-state index is 12.0. The van der Waals surface area contributed by atoms with Gasteiger partial charge in [0.1, 0.15) is 0 Å². The van der Waals surface area contributed by atoms with Gasteiger partial charge in [0.15, 0.2) is 5.11 Å². The Hall–Kier alpha value is -2.40. The highest BCUT2D eigenvalue weighted by atomic mass is 32.1. The number of benzene rings is 2. The Kier molecular flexibility index (Phi) is 7.36. The Morgan fingerprint density at radius 2 is 1.81 bits per heavy atom. The standard InChI is InChI=1S/C22H28N2O2S/c1-6-19(18-11-8-14(3)12-16(18)5)23-22(27)24-20-13-17(10-9-15(20)4)21(25)26-7-2/h8-13,19H,6-7H2,1-5H3,(H2,23,24,27)/t19-/m1/s1. The molecule has 5 heteroatoms. The summed E-state index contributed by atoms with van der Waals surface area (Å²) >= 11 is 5.53. The molecule has 0 spiro atoms. The van der Waals surface area contributed by atoms with E-state index in [9.17, 15) is 4.79 Å². The molecule has 27 heavy (non-hydrogen) atoms. The first-order valence-electron chi connectivity index (χ1n) is 9.28. The van der Waals surface area contributed by atoms with Gasteiger partial charge in [-0.3, -0.25) is 0 Å². The van der Waals surface area contributed by atoms with E-state index in [0.717, 1.165) is 17.7 Å². The summed E-state index contributed by atoms with van der Waals surface area (Å²) in [5.74, 6) is -0.332. The summed E-state index contributed by atoms with van der Waals surface area (Å²) in [4.78, 5) is 12.0. The number of anilines is 1. The van der Waals surface area contributed by atoms with Crippen molar-refractivity contribution in [2.75, 3.05) is 11.9 Å². The minimum atomic E-state index is -0.332. The Bertz CT molecular complexity index is 833. The number of ether oxygens (including phenoxy) is 1. The van der Waals surface area contributed by atoms with Crippen LogP contribution < -0.4 is 10.6 Å². The summed E-state index contributed by atoms with van der Waals surface area (Å²) in [5.41, 5.74) is 6.05. The highest BCUT2D eigenvalue weighted by molar-refractivity contribution is 7.80. The van der Waals surface area contributed by atoms with Crippen molar-refractivity contribution in [2.45, 2.75) is 47.1 Å². The zero-order chi connectivity index (χ0) is 20.0. The summed E-state index contributed by atoms with van der Waals surface area (Å²) in [5, 5.41) is 7.16. The minimum Gasteiger partial charge on any atom is -0.462 e. The molecule has 144 valence electrons. The lowest BCUT2D eigenvalue weighted by Crippen LogP contribution is -2.32. The fourth-order valence-corrected chi connectivity index (χ4v) is 3.28. The molecule has 0 unspecified atom stereocenters. The second kappa shape index (κ2) is 9.51. The number of carbonyl (C=O) groups is 1. The van der Waals surface area contributed by atoms with Crippen LogP contribution in [0.4, 0.5) is 5.69 Å². The van der Waals surface area contributed by atoms with Crippen molar-refractivity contribution in [1.29, 1.82) is 0 Å². The number of hydrogen-bond donors (Lipinski definition) is 2. The maximum absolute atomic E-state index is 12.0. The van der Waals surface area contributed by atoms with Crippen LogP contribution in [0.3, 0.4) is 0 Å². The molecule has 2 rings (SSSR count). The van der Waals surface area contributed by atoms with Crippen molar-refractivity contribution >= 4 is 29.0 Å². The van der Waals surface area contributed by atoms with Crippen molar-refractivity contribution in [3.05, 3.63) is 64.2 Å². The first-order chi connectivity index (χ1) is 12.8. The minimum absolute atomic E-state index is 0.124. The zero-order valence-corrected chi connectivity index (χ0v) is 17.5. The molecule has 0 bridgehead atoms. The number of thiocarbonyl (C=S) groups is 1. The number of carbonyl (C=O) groups excluding carboxylic acids is 1. The molecule has 0 aliphatic carbocycles. The highest BCUT2D eigenvalue weighted by Gasteiger charge is 2.14. The van der Waals surface area contributed by atoms with Crippen LogP contribution in [0.2, 0.25) is 0 Å². The first-order valence-corrected chi connectivity index (χ1v) is 9.69. The molecule has 0 heterocycles. The fourth-order valence-electron chi connectivity index (χ4n) is 3.03. The van der Waals surface area contributed by atoms with Gasteiger partial charge < -0.3 is 15.4 Å². The second-order valence-corrected chi connectivity index (χ2v) is 7.08. The molecule has 0 saturated heterocycles.